The van der Waals surface area contributed by atoms with Crippen molar-refractivity contribution < 1.29 is 4.74 Å². The summed E-state index contributed by atoms with van der Waals surface area (Å²) in [6, 6.07) is 12.3. The van der Waals surface area contributed by atoms with E-state index in [2.05, 4.69) is 23.5 Å². The van der Waals surface area contributed by atoms with Gasteiger partial charge in [0.05, 0.1) is 17.0 Å². The van der Waals surface area contributed by atoms with Crippen LogP contribution in [0.5, 0.6) is 5.75 Å². The lowest BCUT2D eigenvalue weighted by molar-refractivity contribution is 0.339. The molecule has 2 nitrogen and oxygen atoms in total. The number of thiophene rings is 1. The molecule has 0 amide bonds. The molecule has 0 saturated carbocycles. The molecule has 1 heterocycles. The molecule has 1 aromatic heterocycles. The number of halogens is 1. The molecule has 0 bridgehead atoms. The van der Waals surface area contributed by atoms with Crippen molar-refractivity contribution in [3.63, 3.8) is 0 Å². The fourth-order valence-electron chi connectivity index (χ4n) is 1.91. The number of ether oxygens (including phenoxy) is 1. The van der Waals surface area contributed by atoms with Gasteiger partial charge in [-0.25, -0.2) is 0 Å². The van der Waals surface area contributed by atoms with Crippen molar-refractivity contribution in [1.82, 2.24) is 5.32 Å². The normalized spacial score (nSPS) is 12.4. The zero-order valence-electron chi connectivity index (χ0n) is 10.4. The van der Waals surface area contributed by atoms with E-state index in [9.17, 15) is 0 Å². The number of rotatable bonds is 5. The van der Waals surface area contributed by atoms with Gasteiger partial charge in [-0.15, -0.1) is 11.3 Å². The molecule has 2 aromatic rings. The molecule has 0 fully saturated rings. The Kier molecular flexibility index (Phi) is 4.64. The van der Waals surface area contributed by atoms with Crippen LogP contribution in [0.25, 0.3) is 0 Å². The van der Waals surface area contributed by atoms with Gasteiger partial charge in [0.1, 0.15) is 5.75 Å². The lowest BCUT2D eigenvalue weighted by Gasteiger charge is -2.16. The maximum absolute atomic E-state index is 6.00. The van der Waals surface area contributed by atoms with E-state index in [4.69, 9.17) is 16.3 Å². The van der Waals surface area contributed by atoms with Gasteiger partial charge in [0.25, 0.3) is 0 Å². The van der Waals surface area contributed by atoms with Gasteiger partial charge >= 0.3 is 0 Å². The topological polar surface area (TPSA) is 21.3 Å². The monoisotopic (exact) mass is 281 g/mol. The highest BCUT2D eigenvalue weighted by Gasteiger charge is 2.14. The van der Waals surface area contributed by atoms with Gasteiger partial charge in [-0.2, -0.15) is 0 Å². The zero-order chi connectivity index (χ0) is 13.0. The predicted molar refractivity (Wildman–Crippen MR) is 77.8 cm³/mol. The van der Waals surface area contributed by atoms with Crippen molar-refractivity contribution in [2.75, 3.05) is 13.7 Å². The Morgan fingerprint density at radius 1 is 1.33 bits per heavy atom. The van der Waals surface area contributed by atoms with Crippen LogP contribution >= 0.6 is 22.9 Å². The summed E-state index contributed by atoms with van der Waals surface area (Å²) < 4.78 is 6.34. The number of hydrogen-bond donors (Lipinski definition) is 1. The third kappa shape index (κ3) is 3.05. The van der Waals surface area contributed by atoms with Crippen molar-refractivity contribution in [2.45, 2.75) is 13.0 Å². The number of benzene rings is 1. The largest absolute Gasteiger partial charge is 0.494 e. The molecule has 0 aliphatic heterocycles. The molecular formula is C14H16ClNOS. The maximum atomic E-state index is 6.00. The molecule has 4 heteroatoms. The SMILES string of the molecule is CCOc1cccc(C(NC)c2ccc(Cl)s2)c1. The van der Waals surface area contributed by atoms with Crippen LogP contribution in [0.15, 0.2) is 36.4 Å². The van der Waals surface area contributed by atoms with Crippen LogP contribution in [-0.2, 0) is 0 Å². The van der Waals surface area contributed by atoms with Gasteiger partial charge in [-0.1, -0.05) is 23.7 Å². The molecule has 1 unspecified atom stereocenters. The minimum atomic E-state index is 0.155. The van der Waals surface area contributed by atoms with Crippen LogP contribution in [0.1, 0.15) is 23.4 Å². The van der Waals surface area contributed by atoms with Crippen LogP contribution in [0.3, 0.4) is 0 Å². The Bertz CT molecular complexity index is 512. The first-order valence-corrected chi connectivity index (χ1v) is 7.09. The van der Waals surface area contributed by atoms with Crippen molar-refractivity contribution in [2.24, 2.45) is 0 Å². The highest BCUT2D eigenvalue weighted by molar-refractivity contribution is 7.16. The van der Waals surface area contributed by atoms with E-state index in [0.29, 0.717) is 6.61 Å². The summed E-state index contributed by atoms with van der Waals surface area (Å²) in [6.45, 7) is 2.67. The van der Waals surface area contributed by atoms with Crippen molar-refractivity contribution in [1.29, 1.82) is 0 Å². The van der Waals surface area contributed by atoms with Crippen LogP contribution < -0.4 is 10.1 Å². The number of nitrogens with one attached hydrogen (secondary N) is 1. The van der Waals surface area contributed by atoms with E-state index in [1.807, 2.05) is 32.2 Å². The van der Waals surface area contributed by atoms with E-state index in [0.717, 1.165) is 10.1 Å². The summed E-state index contributed by atoms with van der Waals surface area (Å²) in [5.41, 5.74) is 1.18. The molecule has 18 heavy (non-hydrogen) atoms. The highest BCUT2D eigenvalue weighted by Crippen LogP contribution is 2.31. The van der Waals surface area contributed by atoms with Crippen molar-refractivity contribution in [3.05, 3.63) is 51.2 Å². The van der Waals surface area contributed by atoms with E-state index < -0.39 is 0 Å². The molecule has 2 rings (SSSR count). The first-order chi connectivity index (χ1) is 8.74. The third-order valence-corrected chi connectivity index (χ3v) is 3.97. The second kappa shape index (κ2) is 6.23. The van der Waals surface area contributed by atoms with Gasteiger partial charge in [-0.3, -0.25) is 0 Å². The van der Waals surface area contributed by atoms with Crippen LogP contribution in [0, 0.1) is 0 Å². The van der Waals surface area contributed by atoms with Crippen molar-refractivity contribution >= 4 is 22.9 Å². The quantitative estimate of drug-likeness (QED) is 0.890. The molecule has 0 radical (unpaired) electrons. The molecule has 1 aromatic carbocycles. The summed E-state index contributed by atoms with van der Waals surface area (Å²) in [6.07, 6.45) is 0. The van der Waals surface area contributed by atoms with Crippen LogP contribution in [-0.4, -0.2) is 13.7 Å². The average Bonchev–Trinajstić information content (AvgIpc) is 2.78. The Labute approximate surface area is 117 Å². The van der Waals surface area contributed by atoms with E-state index in [-0.39, 0.29) is 6.04 Å². The minimum absolute atomic E-state index is 0.155. The molecule has 0 saturated heterocycles. The lowest BCUT2D eigenvalue weighted by atomic mass is 10.1. The second-order valence-corrected chi connectivity index (χ2v) is 5.62. The Morgan fingerprint density at radius 2 is 2.17 bits per heavy atom. The first kappa shape index (κ1) is 13.4. The molecule has 0 aliphatic rings. The van der Waals surface area contributed by atoms with Gasteiger partial charge in [0, 0.05) is 4.88 Å². The standard InChI is InChI=1S/C14H16ClNOS/c1-3-17-11-6-4-5-10(9-11)14(16-2)12-7-8-13(15)18-12/h4-9,14,16H,3H2,1-2H3. The molecular weight excluding hydrogens is 266 g/mol. The van der Waals surface area contributed by atoms with E-state index >= 15 is 0 Å². The van der Waals surface area contributed by atoms with E-state index in [1.165, 1.54) is 10.4 Å². The predicted octanol–water partition coefficient (Wildman–Crippen LogP) is 4.11. The molecule has 0 aliphatic carbocycles. The fourth-order valence-corrected chi connectivity index (χ4v) is 3.11. The highest BCUT2D eigenvalue weighted by atomic mass is 35.5. The lowest BCUT2D eigenvalue weighted by Crippen LogP contribution is -2.16. The van der Waals surface area contributed by atoms with Gasteiger partial charge in [0.2, 0.25) is 0 Å². The Morgan fingerprint density at radius 3 is 2.78 bits per heavy atom. The number of hydrogen-bond acceptors (Lipinski definition) is 3. The fraction of sp³-hybridized carbons (Fsp3) is 0.286. The van der Waals surface area contributed by atoms with Gasteiger partial charge in [0.15, 0.2) is 0 Å². The first-order valence-electron chi connectivity index (χ1n) is 5.90. The molecule has 1 atom stereocenters. The van der Waals surface area contributed by atoms with Crippen molar-refractivity contribution in [3.8, 4) is 5.75 Å². The summed E-state index contributed by atoms with van der Waals surface area (Å²) >= 11 is 7.59. The second-order valence-electron chi connectivity index (χ2n) is 3.87. The smallest absolute Gasteiger partial charge is 0.119 e. The summed E-state index contributed by atoms with van der Waals surface area (Å²) in [5, 5.41) is 3.31. The minimum Gasteiger partial charge on any atom is -0.494 e. The summed E-state index contributed by atoms with van der Waals surface area (Å²) in [7, 11) is 1.95. The van der Waals surface area contributed by atoms with Crippen LogP contribution in [0.2, 0.25) is 4.34 Å². The Hall–Kier alpha value is -1.03. The molecule has 1 N–H and O–H groups in total. The average molecular weight is 282 g/mol. The molecule has 96 valence electrons. The van der Waals surface area contributed by atoms with E-state index in [1.54, 1.807) is 11.3 Å². The third-order valence-electron chi connectivity index (χ3n) is 2.67. The molecule has 0 spiro atoms. The zero-order valence-corrected chi connectivity index (χ0v) is 12.0. The summed E-state index contributed by atoms with van der Waals surface area (Å²) in [5.74, 6) is 0.901. The maximum Gasteiger partial charge on any atom is 0.119 e. The Balaban J connectivity index is 2.29. The van der Waals surface area contributed by atoms with Gasteiger partial charge in [-0.05, 0) is 43.8 Å². The van der Waals surface area contributed by atoms with Crippen LogP contribution in [0.4, 0.5) is 0 Å². The summed E-state index contributed by atoms with van der Waals surface area (Å²) in [4.78, 5) is 1.20. The van der Waals surface area contributed by atoms with Gasteiger partial charge < -0.3 is 10.1 Å².